The Kier molecular flexibility index (Phi) is 1.82. The molecule has 1 aliphatic rings. The van der Waals surface area contributed by atoms with E-state index in [0.717, 1.165) is 13.1 Å². The summed E-state index contributed by atoms with van der Waals surface area (Å²) >= 11 is 0. The molecule has 0 N–H and O–H groups in total. The number of benzene rings is 1. The Hall–Kier alpha value is -1.31. The smallest absolute Gasteiger partial charge is 0.146 e. The predicted molar refractivity (Wildman–Crippen MR) is 47.8 cm³/mol. The van der Waals surface area contributed by atoms with Crippen molar-refractivity contribution < 1.29 is 4.39 Å². The fourth-order valence-electron chi connectivity index (χ4n) is 1.38. The van der Waals surface area contributed by atoms with Crippen molar-refractivity contribution in [1.29, 1.82) is 0 Å². The van der Waals surface area contributed by atoms with Crippen LogP contribution in [0.1, 0.15) is 0 Å². The monoisotopic (exact) mass is 163 g/mol. The van der Waals surface area contributed by atoms with Crippen LogP contribution in [0.3, 0.4) is 0 Å². The Balaban J connectivity index is 2.27. The highest BCUT2D eigenvalue weighted by Crippen LogP contribution is 2.19. The fraction of sp³-hybridized carbons (Fsp3) is 0.200. The lowest BCUT2D eigenvalue weighted by Crippen LogP contribution is -2.19. The third-order valence-corrected chi connectivity index (χ3v) is 2.01. The molecule has 0 spiro atoms. The third-order valence-electron chi connectivity index (χ3n) is 2.01. The normalized spacial score (nSPS) is 15.6. The first-order valence-electron chi connectivity index (χ1n) is 4.02. The van der Waals surface area contributed by atoms with Crippen molar-refractivity contribution in [3.05, 3.63) is 42.2 Å². The predicted octanol–water partition coefficient (Wildman–Crippen LogP) is 2.20. The molecule has 0 bridgehead atoms. The first-order chi connectivity index (χ1) is 5.88. The van der Waals surface area contributed by atoms with Crippen LogP contribution in [0.5, 0.6) is 0 Å². The van der Waals surface area contributed by atoms with Gasteiger partial charge in [-0.3, -0.25) is 0 Å². The summed E-state index contributed by atoms with van der Waals surface area (Å²) in [6.45, 7) is 1.64. The quantitative estimate of drug-likeness (QED) is 0.574. The molecular formula is C10H10FN. The molecule has 2 rings (SSSR count). The van der Waals surface area contributed by atoms with E-state index in [0.29, 0.717) is 5.69 Å². The van der Waals surface area contributed by atoms with Crippen molar-refractivity contribution in [2.75, 3.05) is 18.0 Å². The van der Waals surface area contributed by atoms with Crippen LogP contribution in [0.25, 0.3) is 0 Å². The zero-order chi connectivity index (χ0) is 8.39. The SMILES string of the molecule is Fc1ccccc1N1CC=CC1. The molecule has 0 saturated heterocycles. The molecule has 2 heteroatoms. The number of hydrogen-bond donors (Lipinski definition) is 0. The van der Waals surface area contributed by atoms with Gasteiger partial charge in [-0.05, 0) is 12.1 Å². The summed E-state index contributed by atoms with van der Waals surface area (Å²) in [5, 5.41) is 0. The van der Waals surface area contributed by atoms with Crippen LogP contribution in [-0.2, 0) is 0 Å². The van der Waals surface area contributed by atoms with E-state index in [-0.39, 0.29) is 5.82 Å². The molecule has 1 heterocycles. The third kappa shape index (κ3) is 1.20. The summed E-state index contributed by atoms with van der Waals surface area (Å²) in [5.41, 5.74) is 0.697. The molecule has 12 heavy (non-hydrogen) atoms. The van der Waals surface area contributed by atoms with Gasteiger partial charge >= 0.3 is 0 Å². The summed E-state index contributed by atoms with van der Waals surface area (Å²) in [5.74, 6) is -0.138. The number of hydrogen-bond acceptors (Lipinski definition) is 1. The lowest BCUT2D eigenvalue weighted by molar-refractivity contribution is 0.624. The lowest BCUT2D eigenvalue weighted by atomic mass is 10.3. The second-order valence-corrected chi connectivity index (χ2v) is 2.83. The first kappa shape index (κ1) is 7.35. The Morgan fingerprint density at radius 2 is 1.75 bits per heavy atom. The number of nitrogens with zero attached hydrogens (tertiary/aromatic N) is 1. The zero-order valence-corrected chi connectivity index (χ0v) is 6.70. The molecule has 0 saturated carbocycles. The molecule has 0 atom stereocenters. The molecule has 0 aromatic heterocycles. The number of anilines is 1. The fourth-order valence-corrected chi connectivity index (χ4v) is 1.38. The van der Waals surface area contributed by atoms with Crippen molar-refractivity contribution in [3.8, 4) is 0 Å². The van der Waals surface area contributed by atoms with Gasteiger partial charge in [0.15, 0.2) is 0 Å². The van der Waals surface area contributed by atoms with Crippen molar-refractivity contribution in [1.82, 2.24) is 0 Å². The highest BCUT2D eigenvalue weighted by molar-refractivity contribution is 5.50. The Morgan fingerprint density at radius 1 is 1.08 bits per heavy atom. The average Bonchev–Trinajstić information content (AvgIpc) is 2.57. The van der Waals surface area contributed by atoms with E-state index >= 15 is 0 Å². The molecular weight excluding hydrogens is 153 g/mol. The van der Waals surface area contributed by atoms with Crippen LogP contribution in [0.15, 0.2) is 36.4 Å². The van der Waals surface area contributed by atoms with Crippen LogP contribution in [0.2, 0.25) is 0 Å². The van der Waals surface area contributed by atoms with Crippen molar-refractivity contribution in [3.63, 3.8) is 0 Å². The van der Waals surface area contributed by atoms with Crippen molar-refractivity contribution >= 4 is 5.69 Å². The van der Waals surface area contributed by atoms with Gasteiger partial charge in [0.2, 0.25) is 0 Å². The van der Waals surface area contributed by atoms with Crippen LogP contribution in [-0.4, -0.2) is 13.1 Å². The van der Waals surface area contributed by atoms with Crippen LogP contribution < -0.4 is 4.90 Å². The Labute approximate surface area is 71.1 Å². The van der Waals surface area contributed by atoms with E-state index in [9.17, 15) is 4.39 Å². The molecule has 1 aliphatic heterocycles. The molecule has 1 aromatic rings. The average molecular weight is 163 g/mol. The summed E-state index contributed by atoms with van der Waals surface area (Å²) in [7, 11) is 0. The minimum Gasteiger partial charge on any atom is -0.362 e. The van der Waals surface area contributed by atoms with E-state index in [4.69, 9.17) is 0 Å². The molecule has 0 fully saturated rings. The van der Waals surface area contributed by atoms with E-state index in [1.807, 2.05) is 29.2 Å². The molecule has 0 aliphatic carbocycles. The Bertz CT molecular complexity index is 298. The zero-order valence-electron chi connectivity index (χ0n) is 6.70. The maximum Gasteiger partial charge on any atom is 0.146 e. The second kappa shape index (κ2) is 2.97. The highest BCUT2D eigenvalue weighted by Gasteiger charge is 2.10. The standard InChI is InChI=1S/C10H10FN/c11-9-5-1-2-6-10(9)12-7-3-4-8-12/h1-6H,7-8H2. The van der Waals surface area contributed by atoms with E-state index in [1.54, 1.807) is 6.07 Å². The molecule has 62 valence electrons. The maximum atomic E-state index is 13.2. The van der Waals surface area contributed by atoms with E-state index < -0.39 is 0 Å². The van der Waals surface area contributed by atoms with Gasteiger partial charge in [0.05, 0.1) is 5.69 Å². The molecule has 0 unspecified atom stereocenters. The summed E-state index contributed by atoms with van der Waals surface area (Å²) in [6, 6.07) is 6.87. The van der Waals surface area contributed by atoms with Gasteiger partial charge in [-0.1, -0.05) is 24.3 Å². The Morgan fingerprint density at radius 3 is 2.42 bits per heavy atom. The van der Waals surface area contributed by atoms with Gasteiger partial charge in [-0.2, -0.15) is 0 Å². The molecule has 1 nitrogen and oxygen atoms in total. The van der Waals surface area contributed by atoms with Crippen LogP contribution in [0.4, 0.5) is 10.1 Å². The highest BCUT2D eigenvalue weighted by atomic mass is 19.1. The maximum absolute atomic E-state index is 13.2. The minimum atomic E-state index is -0.138. The molecule has 1 aromatic carbocycles. The van der Waals surface area contributed by atoms with Gasteiger partial charge in [-0.15, -0.1) is 0 Å². The van der Waals surface area contributed by atoms with Gasteiger partial charge in [0.1, 0.15) is 5.82 Å². The molecule has 0 amide bonds. The van der Waals surface area contributed by atoms with Crippen LogP contribution in [0, 0.1) is 5.82 Å². The van der Waals surface area contributed by atoms with E-state index in [2.05, 4.69) is 0 Å². The second-order valence-electron chi connectivity index (χ2n) is 2.83. The minimum absolute atomic E-state index is 0.138. The van der Waals surface area contributed by atoms with Crippen molar-refractivity contribution in [2.45, 2.75) is 0 Å². The first-order valence-corrected chi connectivity index (χ1v) is 4.02. The van der Waals surface area contributed by atoms with Crippen molar-refractivity contribution in [2.24, 2.45) is 0 Å². The van der Waals surface area contributed by atoms with Gasteiger partial charge < -0.3 is 4.90 Å². The van der Waals surface area contributed by atoms with Gasteiger partial charge in [-0.25, -0.2) is 4.39 Å². The van der Waals surface area contributed by atoms with Crippen LogP contribution >= 0.6 is 0 Å². The van der Waals surface area contributed by atoms with E-state index in [1.165, 1.54) is 6.07 Å². The van der Waals surface area contributed by atoms with Gasteiger partial charge in [0.25, 0.3) is 0 Å². The number of para-hydroxylation sites is 1. The summed E-state index contributed by atoms with van der Waals surface area (Å²) in [6.07, 6.45) is 4.10. The summed E-state index contributed by atoms with van der Waals surface area (Å²) < 4.78 is 13.2. The lowest BCUT2D eigenvalue weighted by Gasteiger charge is -2.17. The topological polar surface area (TPSA) is 3.24 Å². The largest absolute Gasteiger partial charge is 0.362 e. The summed E-state index contributed by atoms with van der Waals surface area (Å²) in [4.78, 5) is 2.00. The molecule has 0 radical (unpaired) electrons. The van der Waals surface area contributed by atoms with Gasteiger partial charge in [0, 0.05) is 13.1 Å². The number of halogens is 1. The number of rotatable bonds is 1.